The van der Waals surface area contributed by atoms with E-state index in [1.165, 1.54) is 0 Å². The number of anilines is 4. The van der Waals surface area contributed by atoms with E-state index in [1.54, 1.807) is 60.5 Å². The van der Waals surface area contributed by atoms with Crippen molar-refractivity contribution in [2.24, 2.45) is 0 Å². The van der Waals surface area contributed by atoms with Crippen LogP contribution < -0.4 is 19.7 Å². The van der Waals surface area contributed by atoms with Crippen LogP contribution in [0.4, 0.5) is 36.3 Å². The summed E-state index contributed by atoms with van der Waals surface area (Å²) in [7, 11) is 1.69. The number of hydrogen-bond donors (Lipinski definition) is 1. The van der Waals surface area contributed by atoms with E-state index in [1.807, 2.05) is 20.8 Å². The van der Waals surface area contributed by atoms with Gasteiger partial charge < -0.3 is 19.7 Å². The maximum atomic E-state index is 13.6. The molecule has 6 nitrogen and oxygen atoms in total. The summed E-state index contributed by atoms with van der Waals surface area (Å²) in [5, 5.41) is 2.77. The van der Waals surface area contributed by atoms with Crippen molar-refractivity contribution in [1.29, 1.82) is 0 Å². The largest absolute Gasteiger partial charge is 0.494 e. The molecule has 0 fully saturated rings. The van der Waals surface area contributed by atoms with Crippen molar-refractivity contribution in [3.63, 3.8) is 0 Å². The number of alkyl halides is 3. The van der Waals surface area contributed by atoms with Crippen LogP contribution in [0.1, 0.15) is 32.8 Å². The summed E-state index contributed by atoms with van der Waals surface area (Å²) >= 11 is 0. The Kier molecular flexibility index (Phi) is 7.63. The Morgan fingerprint density at radius 3 is 2.21 bits per heavy atom. The van der Waals surface area contributed by atoms with Crippen LogP contribution in [0.5, 0.6) is 11.5 Å². The molecule has 3 aromatic rings. The van der Waals surface area contributed by atoms with Crippen LogP contribution >= 0.6 is 0 Å². The second kappa shape index (κ2) is 10.4. The quantitative estimate of drug-likeness (QED) is 0.389. The Labute approximate surface area is 191 Å². The van der Waals surface area contributed by atoms with E-state index in [-0.39, 0.29) is 17.9 Å². The first-order valence-corrected chi connectivity index (χ1v) is 10.6. The van der Waals surface area contributed by atoms with Gasteiger partial charge in [-0.3, -0.25) is 0 Å². The zero-order valence-electron chi connectivity index (χ0n) is 19.0. The Hall–Kier alpha value is -3.49. The fraction of sp³-hybridized carbons (Fsp3) is 0.333. The lowest BCUT2D eigenvalue weighted by atomic mass is 10.2. The molecule has 2 aromatic carbocycles. The fourth-order valence-corrected chi connectivity index (χ4v) is 2.96. The summed E-state index contributed by atoms with van der Waals surface area (Å²) < 4.78 is 51.9. The first kappa shape index (κ1) is 24.2. The molecule has 0 unspecified atom stereocenters. The zero-order valence-corrected chi connectivity index (χ0v) is 19.0. The van der Waals surface area contributed by atoms with Crippen LogP contribution in [0, 0.1) is 0 Å². The highest BCUT2D eigenvalue weighted by atomic mass is 19.4. The molecule has 0 aliphatic heterocycles. The number of ether oxygens (including phenoxy) is 2. The molecule has 176 valence electrons. The van der Waals surface area contributed by atoms with Crippen LogP contribution in [0.3, 0.4) is 0 Å². The van der Waals surface area contributed by atoms with E-state index in [0.717, 1.165) is 18.4 Å². The molecule has 0 radical (unpaired) electrons. The van der Waals surface area contributed by atoms with Crippen molar-refractivity contribution >= 4 is 23.1 Å². The topological polar surface area (TPSA) is 59.5 Å². The molecule has 0 saturated carbocycles. The Morgan fingerprint density at radius 1 is 1.00 bits per heavy atom. The van der Waals surface area contributed by atoms with Gasteiger partial charge >= 0.3 is 6.18 Å². The highest BCUT2D eigenvalue weighted by molar-refractivity contribution is 5.64. The van der Waals surface area contributed by atoms with Crippen molar-refractivity contribution in [2.75, 3.05) is 23.9 Å². The van der Waals surface area contributed by atoms with Crippen molar-refractivity contribution in [1.82, 2.24) is 9.97 Å². The predicted octanol–water partition coefficient (Wildman–Crippen LogP) is 6.58. The monoisotopic (exact) mass is 460 g/mol. The molecule has 3 rings (SSSR count). The summed E-state index contributed by atoms with van der Waals surface area (Å²) in [5.41, 5.74) is 0.201. The Bertz CT molecular complexity index is 1040. The van der Waals surface area contributed by atoms with E-state index < -0.39 is 11.7 Å². The molecule has 9 heteroatoms. The lowest BCUT2D eigenvalue weighted by Gasteiger charge is -2.20. The average molecular weight is 461 g/mol. The molecule has 0 aliphatic carbocycles. The molecular formula is C24H27F3N4O2. The lowest BCUT2D eigenvalue weighted by Crippen LogP contribution is -2.17. The van der Waals surface area contributed by atoms with Crippen molar-refractivity contribution < 1.29 is 22.6 Å². The second-order valence-corrected chi connectivity index (χ2v) is 7.65. The molecule has 0 atom stereocenters. The maximum absolute atomic E-state index is 13.6. The summed E-state index contributed by atoms with van der Waals surface area (Å²) in [6.07, 6.45) is -2.94. The number of halogens is 3. The smallest absolute Gasteiger partial charge is 0.421 e. The number of nitrogens with zero attached hydrogens (tertiary/aromatic N) is 3. The number of benzene rings is 2. The van der Waals surface area contributed by atoms with Gasteiger partial charge in [0, 0.05) is 24.6 Å². The molecule has 0 saturated heterocycles. The van der Waals surface area contributed by atoms with Gasteiger partial charge in [0.1, 0.15) is 22.9 Å². The highest BCUT2D eigenvalue weighted by Crippen LogP contribution is 2.36. The van der Waals surface area contributed by atoms with Crippen molar-refractivity contribution in [3.05, 3.63) is 60.3 Å². The summed E-state index contributed by atoms with van der Waals surface area (Å²) in [4.78, 5) is 9.73. The third kappa shape index (κ3) is 6.50. The molecular weight excluding hydrogens is 433 g/mol. The van der Waals surface area contributed by atoms with Crippen LogP contribution in [0.15, 0.2) is 54.7 Å². The van der Waals surface area contributed by atoms with Gasteiger partial charge in [0.2, 0.25) is 5.95 Å². The Balaban J connectivity index is 1.86. The normalized spacial score (nSPS) is 11.4. The van der Waals surface area contributed by atoms with Gasteiger partial charge in [-0.15, -0.1) is 0 Å². The van der Waals surface area contributed by atoms with Gasteiger partial charge in [0.25, 0.3) is 0 Å². The molecule has 0 aliphatic rings. The SMILES string of the molecule is CCCOc1ccc(N(C)c2ncc(C(F)(F)F)c(Nc3ccc(OC(C)C)cc3)n2)cc1. The molecule has 1 heterocycles. The van der Waals surface area contributed by atoms with Crippen LogP contribution in [0.2, 0.25) is 0 Å². The standard InChI is InChI=1S/C24H27F3N4O2/c1-5-14-32-19-12-8-18(9-13-19)31(4)23-28-15-21(24(25,26)27)22(30-23)29-17-6-10-20(11-7-17)33-16(2)3/h6-13,15-16H,5,14H2,1-4H3,(H,28,29,30). The molecule has 1 aromatic heterocycles. The summed E-state index contributed by atoms with van der Waals surface area (Å²) in [6, 6.07) is 13.8. The number of rotatable bonds is 9. The van der Waals surface area contributed by atoms with Gasteiger partial charge in [-0.1, -0.05) is 6.92 Å². The van der Waals surface area contributed by atoms with Gasteiger partial charge in [-0.2, -0.15) is 18.2 Å². The van der Waals surface area contributed by atoms with Gasteiger partial charge in [-0.25, -0.2) is 4.98 Å². The molecule has 0 amide bonds. The second-order valence-electron chi connectivity index (χ2n) is 7.65. The molecule has 1 N–H and O–H groups in total. The van der Waals surface area contributed by atoms with E-state index in [4.69, 9.17) is 9.47 Å². The molecule has 0 bridgehead atoms. The minimum Gasteiger partial charge on any atom is -0.494 e. The number of nitrogens with one attached hydrogen (secondary N) is 1. The Morgan fingerprint density at radius 2 is 1.64 bits per heavy atom. The minimum absolute atomic E-state index is 0.00660. The summed E-state index contributed by atoms with van der Waals surface area (Å²) in [5.74, 6) is 1.13. The third-order valence-corrected chi connectivity index (χ3v) is 4.57. The number of hydrogen-bond acceptors (Lipinski definition) is 6. The van der Waals surface area contributed by atoms with E-state index in [0.29, 0.717) is 23.7 Å². The predicted molar refractivity (Wildman–Crippen MR) is 123 cm³/mol. The minimum atomic E-state index is -4.61. The third-order valence-electron chi connectivity index (χ3n) is 4.57. The van der Waals surface area contributed by atoms with E-state index in [9.17, 15) is 13.2 Å². The molecule has 33 heavy (non-hydrogen) atoms. The van der Waals surface area contributed by atoms with Crippen molar-refractivity contribution in [3.8, 4) is 11.5 Å². The van der Waals surface area contributed by atoms with Crippen LogP contribution in [-0.2, 0) is 6.18 Å². The fourth-order valence-electron chi connectivity index (χ4n) is 2.96. The van der Waals surface area contributed by atoms with Gasteiger partial charge in [0.15, 0.2) is 0 Å². The molecule has 0 spiro atoms. The lowest BCUT2D eigenvalue weighted by molar-refractivity contribution is -0.137. The maximum Gasteiger partial charge on any atom is 0.421 e. The first-order valence-electron chi connectivity index (χ1n) is 10.6. The zero-order chi connectivity index (χ0) is 24.0. The highest BCUT2D eigenvalue weighted by Gasteiger charge is 2.35. The van der Waals surface area contributed by atoms with Gasteiger partial charge in [0.05, 0.1) is 12.7 Å². The average Bonchev–Trinajstić information content (AvgIpc) is 2.78. The van der Waals surface area contributed by atoms with Crippen LogP contribution in [0.25, 0.3) is 0 Å². The number of aromatic nitrogens is 2. The summed E-state index contributed by atoms with van der Waals surface area (Å²) in [6.45, 7) is 6.42. The van der Waals surface area contributed by atoms with E-state index in [2.05, 4.69) is 15.3 Å². The van der Waals surface area contributed by atoms with Crippen LogP contribution in [-0.4, -0.2) is 29.7 Å². The van der Waals surface area contributed by atoms with Gasteiger partial charge in [-0.05, 0) is 68.8 Å². The first-order chi connectivity index (χ1) is 15.7. The van der Waals surface area contributed by atoms with Crippen molar-refractivity contribution in [2.45, 2.75) is 39.5 Å². The van der Waals surface area contributed by atoms with E-state index >= 15 is 0 Å².